The summed E-state index contributed by atoms with van der Waals surface area (Å²) < 4.78 is 19.2. The minimum absolute atomic E-state index is 0.121. The minimum Gasteiger partial charge on any atom is -0.494 e. The van der Waals surface area contributed by atoms with Gasteiger partial charge in [0.05, 0.1) is 18.3 Å². The zero-order valence-corrected chi connectivity index (χ0v) is 15.3. The molecule has 6 heteroatoms. The van der Waals surface area contributed by atoms with E-state index in [2.05, 4.69) is 5.32 Å². The summed E-state index contributed by atoms with van der Waals surface area (Å²) >= 11 is 5.72. The van der Waals surface area contributed by atoms with Gasteiger partial charge in [-0.15, -0.1) is 0 Å². The third-order valence-electron chi connectivity index (χ3n) is 3.90. The number of anilines is 1. The largest absolute Gasteiger partial charge is 0.494 e. The molecule has 0 aromatic heterocycles. The predicted octanol–water partition coefficient (Wildman–Crippen LogP) is 4.34. The van der Waals surface area contributed by atoms with Gasteiger partial charge in [0.1, 0.15) is 11.6 Å². The monoisotopic (exact) mass is 364 g/mol. The highest BCUT2D eigenvalue weighted by Crippen LogP contribution is 2.20. The van der Waals surface area contributed by atoms with Gasteiger partial charge < -0.3 is 10.1 Å². The molecular weight excluding hydrogens is 343 g/mol. The number of halogens is 2. The first-order valence-electron chi connectivity index (χ1n) is 8.08. The van der Waals surface area contributed by atoms with Gasteiger partial charge in [0, 0.05) is 11.6 Å². The number of hydrogen-bond donors (Lipinski definition) is 1. The Hall–Kier alpha value is -2.11. The molecule has 0 saturated heterocycles. The molecule has 0 unspecified atom stereocenters. The van der Waals surface area contributed by atoms with Gasteiger partial charge >= 0.3 is 0 Å². The van der Waals surface area contributed by atoms with Crippen LogP contribution in [0.2, 0.25) is 5.02 Å². The topological polar surface area (TPSA) is 41.6 Å². The number of likely N-dealkylation sites (N-methyl/N-ethyl adjacent to an activating group) is 1. The van der Waals surface area contributed by atoms with Gasteiger partial charge in [-0.05, 0) is 56.8 Å². The van der Waals surface area contributed by atoms with E-state index in [1.54, 1.807) is 6.92 Å². The molecule has 0 spiro atoms. The van der Waals surface area contributed by atoms with Crippen molar-refractivity contribution < 1.29 is 13.9 Å². The molecule has 25 heavy (non-hydrogen) atoms. The normalized spacial score (nSPS) is 12.1. The maximum atomic E-state index is 13.8. The van der Waals surface area contributed by atoms with Crippen LogP contribution >= 0.6 is 11.6 Å². The van der Waals surface area contributed by atoms with Crippen LogP contribution in [-0.4, -0.2) is 30.5 Å². The van der Waals surface area contributed by atoms with Crippen molar-refractivity contribution in [3.63, 3.8) is 0 Å². The lowest BCUT2D eigenvalue weighted by Crippen LogP contribution is -2.39. The van der Waals surface area contributed by atoms with Gasteiger partial charge in [0.15, 0.2) is 0 Å². The van der Waals surface area contributed by atoms with Gasteiger partial charge in [0.25, 0.3) is 0 Å². The van der Waals surface area contributed by atoms with Crippen LogP contribution in [0, 0.1) is 5.82 Å². The summed E-state index contributed by atoms with van der Waals surface area (Å²) in [5.41, 5.74) is 1.18. The Morgan fingerprint density at radius 2 is 1.96 bits per heavy atom. The van der Waals surface area contributed by atoms with Crippen molar-refractivity contribution in [3.05, 3.63) is 58.9 Å². The van der Waals surface area contributed by atoms with Crippen molar-refractivity contribution in [1.29, 1.82) is 0 Å². The quantitative estimate of drug-likeness (QED) is 0.794. The summed E-state index contributed by atoms with van der Waals surface area (Å²) in [4.78, 5) is 14.2. The van der Waals surface area contributed by atoms with Gasteiger partial charge in [0.2, 0.25) is 5.91 Å². The molecule has 0 aliphatic rings. The number of hydrogen-bond acceptors (Lipinski definition) is 3. The first-order chi connectivity index (χ1) is 11.9. The van der Waals surface area contributed by atoms with E-state index in [4.69, 9.17) is 16.3 Å². The van der Waals surface area contributed by atoms with Gasteiger partial charge in [-0.1, -0.05) is 23.7 Å². The Labute approximate surface area is 152 Å². The Kier molecular flexibility index (Phi) is 6.79. The molecule has 0 aliphatic heterocycles. The molecule has 1 amide bonds. The second-order valence-electron chi connectivity index (χ2n) is 5.78. The van der Waals surface area contributed by atoms with Gasteiger partial charge in [-0.3, -0.25) is 9.69 Å². The third-order valence-corrected chi connectivity index (χ3v) is 4.13. The van der Waals surface area contributed by atoms with E-state index in [9.17, 15) is 9.18 Å². The molecular formula is C19H22ClFN2O2. The smallest absolute Gasteiger partial charge is 0.241 e. The van der Waals surface area contributed by atoms with E-state index in [1.807, 2.05) is 43.1 Å². The Morgan fingerprint density at radius 1 is 1.28 bits per heavy atom. The van der Waals surface area contributed by atoms with Crippen LogP contribution in [0.4, 0.5) is 10.1 Å². The summed E-state index contributed by atoms with van der Waals surface area (Å²) in [6, 6.07) is 11.5. The van der Waals surface area contributed by atoms with Crippen LogP contribution in [0.5, 0.6) is 5.75 Å². The number of nitrogens with one attached hydrogen (secondary N) is 1. The molecule has 1 atom stereocenters. The molecule has 0 saturated carbocycles. The van der Waals surface area contributed by atoms with Crippen LogP contribution < -0.4 is 10.1 Å². The van der Waals surface area contributed by atoms with Crippen LogP contribution in [0.1, 0.15) is 19.4 Å². The summed E-state index contributed by atoms with van der Waals surface area (Å²) in [5.74, 6) is -0.0187. The molecule has 1 N–H and O–H groups in total. The number of ether oxygens (including phenoxy) is 1. The molecule has 2 rings (SSSR count). The Balaban J connectivity index is 1.96. The fourth-order valence-electron chi connectivity index (χ4n) is 2.31. The molecule has 134 valence electrons. The maximum absolute atomic E-state index is 13.8. The predicted molar refractivity (Wildman–Crippen MR) is 98.6 cm³/mol. The van der Waals surface area contributed by atoms with E-state index < -0.39 is 11.9 Å². The second-order valence-corrected chi connectivity index (χ2v) is 6.22. The minimum atomic E-state index is -0.554. The standard InChI is InChI=1S/C19H22ClFN2O2/c1-4-25-16-8-5-14(6-9-16)12-23(3)13(2)19(24)22-18-10-7-15(20)11-17(18)21/h5-11,13H,4,12H2,1-3H3,(H,22,24)/t13-/m0/s1. The van der Waals surface area contributed by atoms with E-state index in [1.165, 1.54) is 18.2 Å². The number of carbonyl (C=O) groups is 1. The van der Waals surface area contributed by atoms with Crippen molar-refractivity contribution >= 4 is 23.2 Å². The van der Waals surface area contributed by atoms with Crippen LogP contribution in [0.3, 0.4) is 0 Å². The molecule has 2 aromatic carbocycles. The fourth-order valence-corrected chi connectivity index (χ4v) is 2.47. The first kappa shape index (κ1) is 19.2. The fraction of sp³-hybridized carbons (Fsp3) is 0.316. The lowest BCUT2D eigenvalue weighted by Gasteiger charge is -2.24. The van der Waals surface area contributed by atoms with Crippen molar-refractivity contribution in [3.8, 4) is 5.75 Å². The highest BCUT2D eigenvalue weighted by molar-refractivity contribution is 6.30. The number of nitrogens with zero attached hydrogens (tertiary/aromatic N) is 1. The molecule has 0 radical (unpaired) electrons. The molecule has 0 bridgehead atoms. The summed E-state index contributed by atoms with van der Waals surface area (Å²) in [6.45, 7) is 4.92. The highest BCUT2D eigenvalue weighted by atomic mass is 35.5. The number of amides is 1. The van der Waals surface area contributed by atoms with Crippen molar-refractivity contribution in [1.82, 2.24) is 4.90 Å². The van der Waals surface area contributed by atoms with E-state index in [0.29, 0.717) is 13.2 Å². The average molecular weight is 365 g/mol. The second kappa shape index (κ2) is 8.83. The Bertz CT molecular complexity index is 722. The summed E-state index contributed by atoms with van der Waals surface area (Å²) in [5, 5.41) is 2.88. The zero-order chi connectivity index (χ0) is 18.4. The number of carbonyl (C=O) groups excluding carboxylic acids is 1. The summed E-state index contributed by atoms with van der Waals surface area (Å²) in [6.07, 6.45) is 0. The molecule has 4 nitrogen and oxygen atoms in total. The van der Waals surface area contributed by atoms with E-state index >= 15 is 0 Å². The molecule has 2 aromatic rings. The lowest BCUT2D eigenvalue weighted by atomic mass is 10.1. The first-order valence-corrected chi connectivity index (χ1v) is 8.46. The highest BCUT2D eigenvalue weighted by Gasteiger charge is 2.19. The number of rotatable bonds is 7. The van der Waals surface area contributed by atoms with Crippen molar-refractivity contribution in [2.75, 3.05) is 19.0 Å². The molecule has 0 fully saturated rings. The van der Waals surface area contributed by atoms with Crippen LogP contribution in [0.15, 0.2) is 42.5 Å². The van der Waals surface area contributed by atoms with Gasteiger partial charge in [-0.2, -0.15) is 0 Å². The van der Waals surface area contributed by atoms with E-state index in [-0.39, 0.29) is 16.6 Å². The van der Waals surface area contributed by atoms with Gasteiger partial charge in [-0.25, -0.2) is 4.39 Å². The Morgan fingerprint density at radius 3 is 2.56 bits per heavy atom. The molecule has 0 aliphatic carbocycles. The zero-order valence-electron chi connectivity index (χ0n) is 14.6. The SMILES string of the molecule is CCOc1ccc(CN(C)[C@@H](C)C(=O)Nc2ccc(Cl)cc2F)cc1. The summed E-state index contributed by atoms with van der Waals surface area (Å²) in [7, 11) is 1.85. The van der Waals surface area contributed by atoms with E-state index in [0.717, 1.165) is 11.3 Å². The maximum Gasteiger partial charge on any atom is 0.241 e. The lowest BCUT2D eigenvalue weighted by molar-refractivity contribution is -0.120. The number of benzene rings is 2. The van der Waals surface area contributed by atoms with Crippen LogP contribution in [0.25, 0.3) is 0 Å². The van der Waals surface area contributed by atoms with Crippen LogP contribution in [-0.2, 0) is 11.3 Å². The molecule has 0 heterocycles. The van der Waals surface area contributed by atoms with Crippen molar-refractivity contribution in [2.24, 2.45) is 0 Å². The third kappa shape index (κ3) is 5.44. The average Bonchev–Trinajstić information content (AvgIpc) is 2.58. The van der Waals surface area contributed by atoms with Crippen molar-refractivity contribution in [2.45, 2.75) is 26.4 Å².